The highest BCUT2D eigenvalue weighted by Crippen LogP contribution is 2.43. The average molecular weight is 1620 g/mol. The van der Waals surface area contributed by atoms with E-state index in [0.29, 0.717) is 57.0 Å². The van der Waals surface area contributed by atoms with E-state index in [0.717, 1.165) is 122 Å². The number of hydrogen-bond donors (Lipinski definition) is 0. The molecule has 1 saturated heterocycles. The zero-order valence-corrected chi connectivity index (χ0v) is 68.6. The van der Waals surface area contributed by atoms with Crippen molar-refractivity contribution in [2.45, 2.75) is 38.9 Å². The Balaban J connectivity index is 0.000000127. The lowest BCUT2D eigenvalue weighted by Crippen LogP contribution is -2.41. The van der Waals surface area contributed by atoms with Crippen molar-refractivity contribution in [3.05, 3.63) is 381 Å². The van der Waals surface area contributed by atoms with Crippen LogP contribution in [0.1, 0.15) is 27.7 Å². The fourth-order valence-corrected chi connectivity index (χ4v) is 16.3. The molecular formula is C108H74BClN10O4. The summed E-state index contributed by atoms with van der Waals surface area (Å²) in [6.45, 7) is 8.33. The molecule has 590 valence electrons. The third-order valence-corrected chi connectivity index (χ3v) is 23.6. The second kappa shape index (κ2) is 32.0. The van der Waals surface area contributed by atoms with Gasteiger partial charge in [0.05, 0.1) is 33.3 Å². The smallest absolute Gasteiger partial charge is 0.436 e. The SMILES string of the molecule is CC1(C)OB(c2ccc(-c3ccc(-c4ccc(-c5nc(-c6ccccc6)nc(-c6ccccc6)n5)cc4)c4ccccc34)cc2)OC1(C)C.Clc1ccc2c(c1)oc1nc3ccccc3nc12.c1ccc(-c2nc(-c3ccccc3)nc(-c3ccc(-c4ccc(-c5ccc(-c6ccc7c(c6)oc6nc8ccccc8nc67)cc5)c5ccccc45)cc3)n2)cc1. The first-order valence-electron chi connectivity index (χ1n) is 41.2. The Bertz CT molecular complexity index is 7670. The third kappa shape index (κ3) is 14.8. The predicted octanol–water partition coefficient (Wildman–Crippen LogP) is 26.7. The van der Waals surface area contributed by atoms with Gasteiger partial charge in [-0.25, -0.2) is 49.8 Å². The van der Waals surface area contributed by atoms with Gasteiger partial charge in [0.2, 0.25) is 11.4 Å². The second-order valence-electron chi connectivity index (χ2n) is 31.7. The largest absolute Gasteiger partial charge is 0.494 e. The van der Waals surface area contributed by atoms with E-state index < -0.39 is 0 Å². The molecule has 0 aliphatic carbocycles. The van der Waals surface area contributed by atoms with Crippen molar-refractivity contribution in [1.29, 1.82) is 0 Å². The van der Waals surface area contributed by atoms with Crippen LogP contribution in [0.5, 0.6) is 0 Å². The van der Waals surface area contributed by atoms with Crippen LogP contribution < -0.4 is 5.46 Å². The number of aromatic nitrogens is 10. The van der Waals surface area contributed by atoms with Crippen LogP contribution in [0.15, 0.2) is 385 Å². The molecule has 0 unspecified atom stereocenters. The molecule has 7 heterocycles. The van der Waals surface area contributed by atoms with Crippen molar-refractivity contribution in [2.24, 2.45) is 0 Å². The average Bonchev–Trinajstić information content (AvgIpc) is 1.39. The van der Waals surface area contributed by atoms with Crippen LogP contribution in [-0.2, 0) is 9.31 Å². The molecule has 1 aliphatic rings. The fourth-order valence-electron chi connectivity index (χ4n) is 16.1. The number of furan rings is 2. The highest BCUT2D eigenvalue weighted by molar-refractivity contribution is 6.62. The summed E-state index contributed by atoms with van der Waals surface area (Å²) in [5.41, 5.74) is 24.9. The number of nitrogens with zero attached hydrogens (tertiary/aromatic N) is 10. The van der Waals surface area contributed by atoms with E-state index in [1.165, 1.54) is 43.8 Å². The molecule has 0 N–H and O–H groups in total. The Morgan fingerprint density at radius 3 is 0.839 bits per heavy atom. The number of halogens is 1. The van der Waals surface area contributed by atoms with E-state index >= 15 is 0 Å². The first-order chi connectivity index (χ1) is 60.8. The molecule has 6 aromatic heterocycles. The Morgan fingerprint density at radius 2 is 0.492 bits per heavy atom. The van der Waals surface area contributed by atoms with E-state index in [4.69, 9.17) is 69.6 Å². The van der Waals surface area contributed by atoms with Gasteiger partial charge in [0, 0.05) is 55.2 Å². The van der Waals surface area contributed by atoms with E-state index in [1.807, 2.05) is 182 Å². The van der Waals surface area contributed by atoms with Gasteiger partial charge in [-0.2, -0.15) is 0 Å². The second-order valence-corrected chi connectivity index (χ2v) is 32.2. The fraction of sp³-hybridized carbons (Fsp3) is 0.0556. The molecule has 23 rings (SSSR count). The van der Waals surface area contributed by atoms with E-state index in [1.54, 1.807) is 6.07 Å². The van der Waals surface area contributed by atoms with Gasteiger partial charge in [-0.05, 0) is 159 Å². The first kappa shape index (κ1) is 76.0. The predicted molar refractivity (Wildman–Crippen MR) is 502 cm³/mol. The van der Waals surface area contributed by atoms with Gasteiger partial charge >= 0.3 is 7.12 Å². The van der Waals surface area contributed by atoms with E-state index in [2.05, 4.69) is 226 Å². The van der Waals surface area contributed by atoms with Crippen molar-refractivity contribution in [3.8, 4) is 124 Å². The van der Waals surface area contributed by atoms with Gasteiger partial charge in [-0.15, -0.1) is 0 Å². The number of benzene rings is 16. The van der Waals surface area contributed by atoms with Crippen LogP contribution in [0, 0.1) is 0 Å². The summed E-state index contributed by atoms with van der Waals surface area (Å²) in [4.78, 5) is 48.0. The molecule has 1 aliphatic heterocycles. The molecule has 16 heteroatoms. The van der Waals surface area contributed by atoms with Crippen molar-refractivity contribution in [1.82, 2.24) is 49.8 Å². The Hall–Kier alpha value is -15.4. The molecule has 0 saturated carbocycles. The zero-order chi connectivity index (χ0) is 83.4. The number of para-hydroxylation sites is 4. The molecule has 0 radical (unpaired) electrons. The van der Waals surface area contributed by atoms with Gasteiger partial charge in [-0.3, -0.25) is 0 Å². The number of hydrogen-bond acceptors (Lipinski definition) is 14. The molecule has 0 spiro atoms. The van der Waals surface area contributed by atoms with Crippen molar-refractivity contribution in [2.75, 3.05) is 0 Å². The summed E-state index contributed by atoms with van der Waals surface area (Å²) < 4.78 is 24.5. The molecule has 16 aromatic carbocycles. The summed E-state index contributed by atoms with van der Waals surface area (Å²) >= 11 is 5.95. The van der Waals surface area contributed by atoms with Crippen LogP contribution in [0.25, 0.3) is 212 Å². The minimum absolute atomic E-state index is 0.373. The quantitative estimate of drug-likeness (QED) is 0.106. The topological polar surface area (TPSA) is 174 Å². The third-order valence-electron chi connectivity index (χ3n) is 23.4. The van der Waals surface area contributed by atoms with Crippen LogP contribution in [0.4, 0.5) is 0 Å². The van der Waals surface area contributed by atoms with Gasteiger partial charge in [0.1, 0.15) is 22.2 Å². The molecule has 124 heavy (non-hydrogen) atoms. The number of rotatable bonds is 12. The summed E-state index contributed by atoms with van der Waals surface area (Å²) in [6, 6.07) is 128. The summed E-state index contributed by atoms with van der Waals surface area (Å²) in [6.07, 6.45) is 0. The van der Waals surface area contributed by atoms with Crippen LogP contribution >= 0.6 is 11.6 Å². The summed E-state index contributed by atoms with van der Waals surface area (Å²) in [7, 11) is -0.381. The van der Waals surface area contributed by atoms with Crippen molar-refractivity contribution >= 4 is 112 Å². The van der Waals surface area contributed by atoms with Gasteiger partial charge in [0.25, 0.3) is 0 Å². The van der Waals surface area contributed by atoms with Crippen molar-refractivity contribution < 1.29 is 18.1 Å². The van der Waals surface area contributed by atoms with Crippen LogP contribution in [-0.4, -0.2) is 68.2 Å². The molecule has 0 bridgehead atoms. The maximum Gasteiger partial charge on any atom is 0.494 e. The molecular weight excluding hydrogens is 1550 g/mol. The lowest BCUT2D eigenvalue weighted by Gasteiger charge is -2.32. The molecule has 14 nitrogen and oxygen atoms in total. The van der Waals surface area contributed by atoms with Gasteiger partial charge < -0.3 is 18.1 Å². The monoisotopic (exact) mass is 1620 g/mol. The summed E-state index contributed by atoms with van der Waals surface area (Å²) in [5, 5.41) is 7.32. The molecule has 22 aromatic rings. The molecule has 0 amide bonds. The Kier molecular flexibility index (Phi) is 19.6. The maximum atomic E-state index is 6.29. The van der Waals surface area contributed by atoms with Crippen molar-refractivity contribution in [3.63, 3.8) is 0 Å². The molecule has 0 atom stereocenters. The highest BCUT2D eigenvalue weighted by Gasteiger charge is 2.51. The number of fused-ring (bicyclic) bond motifs is 10. The Morgan fingerprint density at radius 1 is 0.226 bits per heavy atom. The van der Waals surface area contributed by atoms with Gasteiger partial charge in [0.15, 0.2) is 34.9 Å². The summed E-state index contributed by atoms with van der Waals surface area (Å²) in [5.74, 6) is 3.88. The minimum atomic E-state index is -0.381. The minimum Gasteiger partial charge on any atom is -0.436 e. The lowest BCUT2D eigenvalue weighted by molar-refractivity contribution is 0.00578. The standard InChI is InChI=1S/C51H31N5O.C43H36BN3O2.C14H7ClN2O/c1-3-11-35(12-4-1)48-54-49(36-13-5-2-6-14-36)56-50(55-48)37-25-23-34(24-26-37)40-30-29-39(41-15-7-8-16-42(40)41)33-21-19-32(20-22-33)38-27-28-43-46(31-38)57-51-47(43)52-44-17-9-10-18-45(44)53-51;1-42(2)43(3,4)49-44(48-42)34-25-23-30(24-26-34)36-28-27-35(37-17-11-12-18-38(36)37)29-19-21-33(22-20-29)41-46-39(31-13-7-5-8-14-31)45-40(47-41)32-15-9-6-10-16-32;15-8-5-6-9-12(7-8)18-14-13(9)16-10-3-1-2-4-11(10)17-14/h1-31H;5-28H,1-4H3;1-7H. The van der Waals surface area contributed by atoms with Crippen LogP contribution in [0.2, 0.25) is 5.02 Å². The molecule has 1 fully saturated rings. The Labute approximate surface area is 719 Å². The first-order valence-corrected chi connectivity index (χ1v) is 41.6. The normalized spacial score (nSPS) is 12.9. The van der Waals surface area contributed by atoms with Gasteiger partial charge in [-0.1, -0.05) is 333 Å². The van der Waals surface area contributed by atoms with E-state index in [9.17, 15) is 0 Å². The maximum absolute atomic E-state index is 6.29. The van der Waals surface area contributed by atoms with Crippen LogP contribution in [0.3, 0.4) is 0 Å². The lowest BCUT2D eigenvalue weighted by atomic mass is 9.78. The van der Waals surface area contributed by atoms with E-state index in [-0.39, 0.29) is 18.3 Å². The highest BCUT2D eigenvalue weighted by atomic mass is 35.5. The zero-order valence-electron chi connectivity index (χ0n) is 67.9.